The Morgan fingerprint density at radius 2 is 2.05 bits per heavy atom. The molecule has 2 rings (SSSR count). The number of benzene rings is 1. The summed E-state index contributed by atoms with van der Waals surface area (Å²) in [5.74, 6) is -0.603. The summed E-state index contributed by atoms with van der Waals surface area (Å²) in [5.41, 5.74) is 1.39. The highest BCUT2D eigenvalue weighted by molar-refractivity contribution is 7.15. The van der Waals surface area contributed by atoms with E-state index in [1.807, 2.05) is 13.8 Å². The van der Waals surface area contributed by atoms with Gasteiger partial charge in [0.1, 0.15) is 0 Å². The fraction of sp³-hybridized carbons (Fsp3) is 0.231. The van der Waals surface area contributed by atoms with Crippen molar-refractivity contribution in [1.82, 2.24) is 4.98 Å². The van der Waals surface area contributed by atoms with Gasteiger partial charge in [-0.1, -0.05) is 0 Å². The SMILES string of the molecule is COC(=O)c1cc(-c2sc(C)nc2C)cc([N+](=O)[O-])c1. The molecule has 0 atom stereocenters. The molecule has 0 amide bonds. The molecule has 0 unspecified atom stereocenters. The average molecular weight is 292 g/mol. The third kappa shape index (κ3) is 2.67. The summed E-state index contributed by atoms with van der Waals surface area (Å²) in [6.45, 7) is 3.69. The van der Waals surface area contributed by atoms with Crippen LogP contribution in [0.5, 0.6) is 0 Å². The molecule has 0 aliphatic rings. The first-order valence-electron chi connectivity index (χ1n) is 5.74. The van der Waals surface area contributed by atoms with E-state index in [0.29, 0.717) is 5.56 Å². The Kier molecular flexibility index (Phi) is 3.80. The second kappa shape index (κ2) is 5.38. The van der Waals surface area contributed by atoms with Gasteiger partial charge in [0.15, 0.2) is 0 Å². The molecule has 2 aromatic rings. The first kappa shape index (κ1) is 14.1. The maximum Gasteiger partial charge on any atom is 0.338 e. The molecule has 0 aliphatic carbocycles. The number of esters is 1. The Morgan fingerprint density at radius 1 is 1.35 bits per heavy atom. The predicted molar refractivity (Wildman–Crippen MR) is 75.0 cm³/mol. The summed E-state index contributed by atoms with van der Waals surface area (Å²) in [6.07, 6.45) is 0. The van der Waals surface area contributed by atoms with Crippen LogP contribution in [0.2, 0.25) is 0 Å². The molecule has 0 bridgehead atoms. The third-order valence-electron chi connectivity index (χ3n) is 2.72. The van der Waals surface area contributed by atoms with Crippen LogP contribution >= 0.6 is 11.3 Å². The summed E-state index contributed by atoms with van der Waals surface area (Å²) in [4.78, 5) is 27.2. The number of aromatic nitrogens is 1. The maximum absolute atomic E-state index is 11.6. The molecule has 0 saturated carbocycles. The van der Waals surface area contributed by atoms with E-state index < -0.39 is 10.9 Å². The van der Waals surface area contributed by atoms with E-state index in [9.17, 15) is 14.9 Å². The fourth-order valence-electron chi connectivity index (χ4n) is 1.88. The minimum absolute atomic E-state index is 0.145. The standard InChI is InChI=1S/C13H12N2O4S/c1-7-12(20-8(2)14-7)9-4-10(13(16)19-3)6-11(5-9)15(17)18/h4-6H,1-3H3. The van der Waals surface area contributed by atoms with Crippen LogP contribution in [0.3, 0.4) is 0 Å². The molecular formula is C13H12N2O4S. The summed E-state index contributed by atoms with van der Waals surface area (Å²) >= 11 is 1.43. The fourth-order valence-corrected chi connectivity index (χ4v) is 2.79. The minimum Gasteiger partial charge on any atom is -0.465 e. The van der Waals surface area contributed by atoms with Crippen molar-refractivity contribution >= 4 is 23.0 Å². The van der Waals surface area contributed by atoms with E-state index in [2.05, 4.69) is 9.72 Å². The molecule has 1 heterocycles. The second-order valence-corrected chi connectivity index (χ2v) is 5.37. The molecule has 1 aromatic heterocycles. The number of hydrogen-bond acceptors (Lipinski definition) is 6. The van der Waals surface area contributed by atoms with Crippen molar-refractivity contribution in [2.24, 2.45) is 0 Å². The first-order chi connectivity index (χ1) is 9.42. The van der Waals surface area contributed by atoms with Gasteiger partial charge >= 0.3 is 5.97 Å². The van der Waals surface area contributed by atoms with Gasteiger partial charge in [0, 0.05) is 17.7 Å². The number of nitrogens with zero attached hydrogens (tertiary/aromatic N) is 2. The number of methoxy groups -OCH3 is 1. The van der Waals surface area contributed by atoms with Crippen LogP contribution in [0.4, 0.5) is 5.69 Å². The maximum atomic E-state index is 11.6. The van der Waals surface area contributed by atoms with Gasteiger partial charge < -0.3 is 4.74 Å². The average Bonchev–Trinajstić information content (AvgIpc) is 2.76. The molecule has 0 fully saturated rings. The molecule has 0 saturated heterocycles. The highest BCUT2D eigenvalue weighted by Crippen LogP contribution is 2.33. The molecular weight excluding hydrogens is 280 g/mol. The number of thiazole rings is 1. The van der Waals surface area contributed by atoms with Crippen LogP contribution in [0, 0.1) is 24.0 Å². The monoisotopic (exact) mass is 292 g/mol. The Morgan fingerprint density at radius 3 is 2.55 bits per heavy atom. The van der Waals surface area contributed by atoms with Gasteiger partial charge in [0.2, 0.25) is 0 Å². The lowest BCUT2D eigenvalue weighted by molar-refractivity contribution is -0.384. The van der Waals surface area contributed by atoms with E-state index in [0.717, 1.165) is 15.6 Å². The summed E-state index contributed by atoms with van der Waals surface area (Å²) in [6, 6.07) is 4.23. The van der Waals surface area contributed by atoms with Crippen LogP contribution in [-0.2, 0) is 4.74 Å². The third-order valence-corrected chi connectivity index (χ3v) is 3.84. The van der Waals surface area contributed by atoms with Gasteiger partial charge in [0.25, 0.3) is 5.69 Å². The number of nitro groups is 1. The van der Waals surface area contributed by atoms with Gasteiger partial charge in [-0.25, -0.2) is 9.78 Å². The number of hydrogen-bond donors (Lipinski definition) is 0. The van der Waals surface area contributed by atoms with E-state index in [1.54, 1.807) is 6.07 Å². The van der Waals surface area contributed by atoms with E-state index in [-0.39, 0.29) is 11.3 Å². The number of carbonyl (C=O) groups is 1. The summed E-state index contributed by atoms with van der Waals surface area (Å²) in [7, 11) is 1.24. The van der Waals surface area contributed by atoms with Crippen molar-refractivity contribution in [1.29, 1.82) is 0 Å². The van der Waals surface area contributed by atoms with Crippen molar-refractivity contribution in [3.63, 3.8) is 0 Å². The summed E-state index contributed by atoms with van der Waals surface area (Å²) < 4.78 is 4.62. The van der Waals surface area contributed by atoms with Gasteiger partial charge in [-0.05, 0) is 19.9 Å². The number of non-ortho nitro benzene ring substituents is 1. The molecule has 6 nitrogen and oxygen atoms in total. The number of ether oxygens (including phenoxy) is 1. The Hall–Kier alpha value is -2.28. The number of nitro benzene ring substituents is 1. The van der Waals surface area contributed by atoms with Gasteiger partial charge in [-0.2, -0.15) is 0 Å². The molecule has 1 aromatic carbocycles. The van der Waals surface area contributed by atoms with E-state index in [4.69, 9.17) is 0 Å². The lowest BCUT2D eigenvalue weighted by Crippen LogP contribution is -2.02. The van der Waals surface area contributed by atoms with E-state index in [1.165, 1.54) is 30.6 Å². The lowest BCUT2D eigenvalue weighted by Gasteiger charge is -2.04. The molecule has 20 heavy (non-hydrogen) atoms. The molecule has 7 heteroatoms. The van der Waals surface area contributed by atoms with Gasteiger partial charge in [0.05, 0.1) is 33.2 Å². The van der Waals surface area contributed by atoms with Crippen LogP contribution in [0.15, 0.2) is 18.2 Å². The van der Waals surface area contributed by atoms with E-state index >= 15 is 0 Å². The number of carbonyl (C=O) groups excluding carboxylic acids is 1. The summed E-state index contributed by atoms with van der Waals surface area (Å²) in [5, 5.41) is 11.8. The smallest absolute Gasteiger partial charge is 0.338 e. The van der Waals surface area contributed by atoms with Crippen LogP contribution in [0.1, 0.15) is 21.1 Å². The van der Waals surface area contributed by atoms with Gasteiger partial charge in [-0.3, -0.25) is 10.1 Å². The molecule has 0 radical (unpaired) electrons. The number of rotatable bonds is 3. The Labute approximate surface area is 119 Å². The Balaban J connectivity index is 2.63. The van der Waals surface area contributed by atoms with Crippen molar-refractivity contribution in [2.45, 2.75) is 13.8 Å². The molecule has 0 aliphatic heterocycles. The predicted octanol–water partition coefficient (Wildman–Crippen LogP) is 3.12. The van der Waals surface area contributed by atoms with Crippen molar-refractivity contribution in [2.75, 3.05) is 7.11 Å². The van der Waals surface area contributed by atoms with Gasteiger partial charge in [-0.15, -0.1) is 11.3 Å². The highest BCUT2D eigenvalue weighted by Gasteiger charge is 2.18. The van der Waals surface area contributed by atoms with Crippen molar-refractivity contribution < 1.29 is 14.5 Å². The van der Waals surface area contributed by atoms with Crippen LogP contribution < -0.4 is 0 Å². The Bertz CT molecular complexity index is 694. The van der Waals surface area contributed by atoms with Crippen LogP contribution in [0.25, 0.3) is 10.4 Å². The zero-order valence-electron chi connectivity index (χ0n) is 11.2. The quantitative estimate of drug-likeness (QED) is 0.493. The topological polar surface area (TPSA) is 82.3 Å². The molecule has 0 spiro atoms. The molecule has 0 N–H and O–H groups in total. The second-order valence-electron chi connectivity index (χ2n) is 4.16. The highest BCUT2D eigenvalue weighted by atomic mass is 32.1. The normalized spacial score (nSPS) is 10.3. The van der Waals surface area contributed by atoms with Crippen molar-refractivity contribution in [3.8, 4) is 10.4 Å². The zero-order valence-corrected chi connectivity index (χ0v) is 12.0. The van der Waals surface area contributed by atoms with Crippen LogP contribution in [-0.4, -0.2) is 23.0 Å². The zero-order chi connectivity index (χ0) is 14.9. The molecule has 104 valence electrons. The number of aryl methyl sites for hydroxylation is 2. The largest absolute Gasteiger partial charge is 0.465 e. The first-order valence-corrected chi connectivity index (χ1v) is 6.56. The lowest BCUT2D eigenvalue weighted by atomic mass is 10.1. The van der Waals surface area contributed by atoms with Crippen molar-refractivity contribution in [3.05, 3.63) is 44.6 Å². The minimum atomic E-state index is -0.603.